The molecule has 2 rings (SSSR count). The van der Waals surface area contributed by atoms with E-state index in [0.717, 1.165) is 29.6 Å². The highest BCUT2D eigenvalue weighted by atomic mass is 15.2. The van der Waals surface area contributed by atoms with Crippen LogP contribution in [0.25, 0.3) is 0 Å². The molecule has 0 saturated carbocycles. The van der Waals surface area contributed by atoms with Gasteiger partial charge in [-0.25, -0.2) is 9.97 Å². The Kier molecular flexibility index (Phi) is 3.72. The van der Waals surface area contributed by atoms with Crippen LogP contribution in [0.15, 0.2) is 30.6 Å². The molecule has 1 N–H and O–H groups in total. The zero-order valence-corrected chi connectivity index (χ0v) is 10.9. The minimum Gasteiger partial charge on any atom is -0.373 e. The lowest BCUT2D eigenvalue weighted by atomic mass is 10.3. The number of aryl methyl sites for hydroxylation is 1. The van der Waals surface area contributed by atoms with Crippen LogP contribution in [-0.2, 0) is 6.54 Å². The van der Waals surface area contributed by atoms with Gasteiger partial charge < -0.3 is 10.2 Å². The number of hydrogen-bond acceptors (Lipinski definition) is 5. The van der Waals surface area contributed by atoms with E-state index in [1.165, 1.54) is 0 Å². The maximum Gasteiger partial charge on any atom is 0.134 e. The van der Waals surface area contributed by atoms with Crippen LogP contribution in [0.2, 0.25) is 0 Å². The number of pyridine rings is 1. The van der Waals surface area contributed by atoms with Crippen molar-refractivity contribution in [3.05, 3.63) is 42.0 Å². The van der Waals surface area contributed by atoms with Gasteiger partial charge in [0.05, 0.1) is 12.2 Å². The van der Waals surface area contributed by atoms with Crippen LogP contribution in [0.4, 0.5) is 11.6 Å². The third-order valence-electron chi connectivity index (χ3n) is 2.65. The van der Waals surface area contributed by atoms with Gasteiger partial charge in [-0.1, -0.05) is 6.07 Å². The van der Waals surface area contributed by atoms with Crippen molar-refractivity contribution in [3.8, 4) is 0 Å². The van der Waals surface area contributed by atoms with E-state index in [2.05, 4.69) is 20.3 Å². The lowest BCUT2D eigenvalue weighted by Gasteiger charge is -2.18. The summed E-state index contributed by atoms with van der Waals surface area (Å²) in [5.74, 6) is 1.68. The molecule has 2 aromatic heterocycles. The van der Waals surface area contributed by atoms with Gasteiger partial charge in [-0.3, -0.25) is 4.98 Å². The summed E-state index contributed by atoms with van der Waals surface area (Å²) in [6, 6.07) is 7.94. The van der Waals surface area contributed by atoms with Gasteiger partial charge >= 0.3 is 0 Å². The molecule has 0 amide bonds. The first-order valence-corrected chi connectivity index (χ1v) is 5.82. The lowest BCUT2D eigenvalue weighted by Crippen LogP contribution is -2.19. The molecule has 0 aromatic carbocycles. The molecule has 0 radical (unpaired) electrons. The van der Waals surface area contributed by atoms with Crippen molar-refractivity contribution in [3.63, 3.8) is 0 Å². The number of hydrogen-bond donors (Lipinski definition) is 1. The van der Waals surface area contributed by atoms with E-state index in [1.54, 1.807) is 6.33 Å². The van der Waals surface area contributed by atoms with Crippen molar-refractivity contribution < 1.29 is 0 Å². The minimum absolute atomic E-state index is 0.724. The Morgan fingerprint density at radius 1 is 1.28 bits per heavy atom. The van der Waals surface area contributed by atoms with Crippen molar-refractivity contribution in [2.24, 2.45) is 0 Å². The molecule has 0 atom stereocenters. The molecular weight excluding hydrogens is 226 g/mol. The Morgan fingerprint density at radius 2 is 2.11 bits per heavy atom. The lowest BCUT2D eigenvalue weighted by molar-refractivity contribution is 0.855. The van der Waals surface area contributed by atoms with Crippen molar-refractivity contribution >= 4 is 11.6 Å². The first kappa shape index (κ1) is 12.3. The maximum atomic E-state index is 4.48. The van der Waals surface area contributed by atoms with E-state index >= 15 is 0 Å². The van der Waals surface area contributed by atoms with Crippen LogP contribution in [0, 0.1) is 6.92 Å². The summed E-state index contributed by atoms with van der Waals surface area (Å²) in [4.78, 5) is 14.9. The largest absolute Gasteiger partial charge is 0.373 e. The molecule has 0 fully saturated rings. The number of rotatable bonds is 4. The van der Waals surface area contributed by atoms with Crippen molar-refractivity contribution in [2.45, 2.75) is 13.5 Å². The Balaban J connectivity index is 2.13. The van der Waals surface area contributed by atoms with Gasteiger partial charge in [-0.05, 0) is 19.1 Å². The SMILES string of the molecule is CNc1cc(N(C)Cc2cccc(C)n2)ncn1. The molecule has 2 aromatic rings. The van der Waals surface area contributed by atoms with E-state index in [9.17, 15) is 0 Å². The van der Waals surface area contributed by atoms with Crippen LogP contribution in [0.5, 0.6) is 0 Å². The third-order valence-corrected chi connectivity index (χ3v) is 2.65. The minimum atomic E-state index is 0.724. The normalized spacial score (nSPS) is 10.2. The van der Waals surface area contributed by atoms with E-state index < -0.39 is 0 Å². The van der Waals surface area contributed by atoms with Crippen LogP contribution in [0.3, 0.4) is 0 Å². The molecule has 94 valence electrons. The fraction of sp³-hybridized carbons (Fsp3) is 0.308. The summed E-state index contributed by atoms with van der Waals surface area (Å²) in [7, 11) is 3.83. The molecule has 5 heteroatoms. The van der Waals surface area contributed by atoms with Crippen molar-refractivity contribution in [1.82, 2.24) is 15.0 Å². The third kappa shape index (κ3) is 2.94. The maximum absolute atomic E-state index is 4.48. The zero-order chi connectivity index (χ0) is 13.0. The van der Waals surface area contributed by atoms with E-state index in [4.69, 9.17) is 0 Å². The molecule has 5 nitrogen and oxygen atoms in total. The topological polar surface area (TPSA) is 53.9 Å². The van der Waals surface area contributed by atoms with Crippen molar-refractivity contribution in [1.29, 1.82) is 0 Å². The predicted octanol–water partition coefficient (Wildman–Crippen LogP) is 1.86. The average molecular weight is 243 g/mol. The summed E-state index contributed by atoms with van der Waals surface area (Å²) < 4.78 is 0. The predicted molar refractivity (Wildman–Crippen MR) is 72.7 cm³/mol. The number of anilines is 2. The Hall–Kier alpha value is -2.17. The second-order valence-electron chi connectivity index (χ2n) is 4.14. The molecule has 0 aliphatic rings. The van der Waals surface area contributed by atoms with Gasteiger partial charge in [-0.2, -0.15) is 0 Å². The molecule has 0 bridgehead atoms. The smallest absolute Gasteiger partial charge is 0.134 e. The summed E-state index contributed by atoms with van der Waals surface area (Å²) in [6.45, 7) is 2.72. The number of aromatic nitrogens is 3. The summed E-state index contributed by atoms with van der Waals surface area (Å²) in [5, 5.41) is 3.00. The first-order valence-electron chi connectivity index (χ1n) is 5.82. The summed E-state index contributed by atoms with van der Waals surface area (Å²) >= 11 is 0. The standard InChI is InChI=1S/C13H17N5/c1-10-5-4-6-11(17-10)8-18(3)13-7-12(14-2)15-9-16-13/h4-7,9H,8H2,1-3H3,(H,14,15,16). The fourth-order valence-corrected chi connectivity index (χ4v) is 1.70. The average Bonchev–Trinajstić information content (AvgIpc) is 2.39. The molecule has 0 aliphatic heterocycles. The van der Waals surface area contributed by atoms with Gasteiger partial charge in [-0.15, -0.1) is 0 Å². The zero-order valence-electron chi connectivity index (χ0n) is 10.9. The first-order chi connectivity index (χ1) is 8.69. The van der Waals surface area contributed by atoms with Gasteiger partial charge in [0.1, 0.15) is 18.0 Å². The van der Waals surface area contributed by atoms with Gasteiger partial charge in [0.25, 0.3) is 0 Å². The van der Waals surface area contributed by atoms with Crippen LogP contribution >= 0.6 is 0 Å². The number of nitrogens with one attached hydrogen (secondary N) is 1. The van der Waals surface area contributed by atoms with E-state index in [-0.39, 0.29) is 0 Å². The molecule has 2 heterocycles. The van der Waals surface area contributed by atoms with Crippen LogP contribution in [-0.4, -0.2) is 29.0 Å². The van der Waals surface area contributed by atoms with Crippen molar-refractivity contribution in [2.75, 3.05) is 24.3 Å². The monoisotopic (exact) mass is 243 g/mol. The number of nitrogens with zero attached hydrogens (tertiary/aromatic N) is 4. The summed E-state index contributed by atoms with van der Waals surface area (Å²) in [5.41, 5.74) is 2.06. The van der Waals surface area contributed by atoms with E-state index in [0.29, 0.717) is 0 Å². The van der Waals surface area contributed by atoms with Gasteiger partial charge in [0.15, 0.2) is 0 Å². The van der Waals surface area contributed by atoms with Gasteiger partial charge in [0.2, 0.25) is 0 Å². The molecule has 0 spiro atoms. The Labute approximate surface area is 107 Å². The van der Waals surface area contributed by atoms with Crippen LogP contribution in [0.1, 0.15) is 11.4 Å². The quantitative estimate of drug-likeness (QED) is 0.888. The van der Waals surface area contributed by atoms with E-state index in [1.807, 2.05) is 50.2 Å². The fourth-order valence-electron chi connectivity index (χ4n) is 1.70. The van der Waals surface area contributed by atoms with Gasteiger partial charge in [0, 0.05) is 25.9 Å². The molecule has 0 unspecified atom stereocenters. The Bertz CT molecular complexity index is 526. The second-order valence-corrected chi connectivity index (χ2v) is 4.14. The summed E-state index contributed by atoms with van der Waals surface area (Å²) in [6.07, 6.45) is 1.56. The molecular formula is C13H17N5. The highest BCUT2D eigenvalue weighted by molar-refractivity contribution is 5.47. The second kappa shape index (κ2) is 5.44. The molecule has 0 aliphatic carbocycles. The van der Waals surface area contributed by atoms with Crippen LogP contribution < -0.4 is 10.2 Å². The highest BCUT2D eigenvalue weighted by Gasteiger charge is 2.05. The Morgan fingerprint density at radius 3 is 2.83 bits per heavy atom. The highest BCUT2D eigenvalue weighted by Crippen LogP contribution is 2.14. The molecule has 0 saturated heterocycles. The molecule has 18 heavy (non-hydrogen) atoms.